The van der Waals surface area contributed by atoms with Gasteiger partial charge in [-0.3, -0.25) is 9.69 Å². The molecular formula is C20H24N2O3. The molecule has 0 bridgehead atoms. The fraction of sp³-hybridized carbons (Fsp3) is 0.350. The fourth-order valence-electron chi connectivity index (χ4n) is 2.83. The first-order valence-electron chi connectivity index (χ1n) is 8.63. The quantitative estimate of drug-likeness (QED) is 0.877. The van der Waals surface area contributed by atoms with Crippen molar-refractivity contribution in [3.63, 3.8) is 0 Å². The molecule has 0 aliphatic carbocycles. The highest BCUT2D eigenvalue weighted by molar-refractivity contribution is 5.92. The zero-order chi connectivity index (χ0) is 17.6. The molecule has 5 heteroatoms. The highest BCUT2D eigenvalue weighted by Crippen LogP contribution is 2.23. The lowest BCUT2D eigenvalue weighted by Crippen LogP contribution is -2.40. The number of nitrogens with zero attached hydrogens (tertiary/aromatic N) is 1. The Balaban J connectivity index is 1.50. The second-order valence-electron chi connectivity index (χ2n) is 6.49. The molecule has 1 heterocycles. The zero-order valence-electron chi connectivity index (χ0n) is 14.4. The van der Waals surface area contributed by atoms with E-state index in [-0.39, 0.29) is 12.0 Å². The predicted octanol–water partition coefficient (Wildman–Crippen LogP) is 3.18. The first-order chi connectivity index (χ1) is 12.1. The summed E-state index contributed by atoms with van der Waals surface area (Å²) in [5, 5.41) is 12.4. The van der Waals surface area contributed by atoms with E-state index in [4.69, 9.17) is 4.74 Å². The summed E-state index contributed by atoms with van der Waals surface area (Å²) in [5.74, 6) is 1.48. The van der Waals surface area contributed by atoms with Crippen LogP contribution in [0.25, 0.3) is 0 Å². The summed E-state index contributed by atoms with van der Waals surface area (Å²) >= 11 is 0. The van der Waals surface area contributed by atoms with E-state index in [1.54, 1.807) is 0 Å². The number of aliphatic hydroxyl groups is 1. The molecular weight excluding hydrogens is 316 g/mol. The van der Waals surface area contributed by atoms with Crippen LogP contribution in [0.3, 0.4) is 0 Å². The number of anilines is 1. The molecule has 2 aromatic carbocycles. The van der Waals surface area contributed by atoms with Crippen molar-refractivity contribution in [2.75, 3.05) is 25.0 Å². The minimum Gasteiger partial charge on any atom is -0.457 e. The Hall–Kier alpha value is -2.37. The lowest BCUT2D eigenvalue weighted by Gasteiger charge is -2.28. The van der Waals surface area contributed by atoms with Crippen molar-refractivity contribution in [1.29, 1.82) is 0 Å². The number of amides is 1. The molecule has 1 fully saturated rings. The Morgan fingerprint density at radius 1 is 1.08 bits per heavy atom. The zero-order valence-corrected chi connectivity index (χ0v) is 14.4. The standard InChI is InChI=1S/C20H24N2O3/c1-15-2-6-18(7-3-15)25-19-8-4-16(5-9-19)21-20(24)14-22-12-10-17(23)11-13-22/h2-9,17,23H,10-14H2,1H3,(H,21,24). The summed E-state index contributed by atoms with van der Waals surface area (Å²) in [6.45, 7) is 3.91. The van der Waals surface area contributed by atoms with Gasteiger partial charge in [0.15, 0.2) is 0 Å². The van der Waals surface area contributed by atoms with E-state index in [1.807, 2.05) is 55.5 Å². The first-order valence-corrected chi connectivity index (χ1v) is 8.63. The van der Waals surface area contributed by atoms with E-state index in [0.717, 1.165) is 43.1 Å². The van der Waals surface area contributed by atoms with Crippen molar-refractivity contribution in [3.05, 3.63) is 54.1 Å². The molecule has 0 aromatic heterocycles. The average molecular weight is 340 g/mol. The molecule has 1 aliphatic rings. The van der Waals surface area contributed by atoms with E-state index >= 15 is 0 Å². The number of nitrogens with one attached hydrogen (secondary N) is 1. The summed E-state index contributed by atoms with van der Waals surface area (Å²) < 4.78 is 5.78. The normalized spacial score (nSPS) is 15.8. The van der Waals surface area contributed by atoms with Gasteiger partial charge in [-0.15, -0.1) is 0 Å². The van der Waals surface area contributed by atoms with Crippen LogP contribution in [-0.2, 0) is 4.79 Å². The van der Waals surface area contributed by atoms with Gasteiger partial charge in [-0.25, -0.2) is 0 Å². The molecule has 2 N–H and O–H groups in total. The number of hydrogen-bond donors (Lipinski definition) is 2. The Morgan fingerprint density at radius 3 is 2.24 bits per heavy atom. The predicted molar refractivity (Wildman–Crippen MR) is 98.0 cm³/mol. The number of aliphatic hydroxyl groups excluding tert-OH is 1. The minimum atomic E-state index is -0.222. The van der Waals surface area contributed by atoms with Crippen LogP contribution in [-0.4, -0.2) is 41.7 Å². The smallest absolute Gasteiger partial charge is 0.238 e. The van der Waals surface area contributed by atoms with Crippen LogP contribution >= 0.6 is 0 Å². The molecule has 5 nitrogen and oxygen atoms in total. The van der Waals surface area contributed by atoms with E-state index in [9.17, 15) is 9.90 Å². The average Bonchev–Trinajstić information content (AvgIpc) is 2.61. The SMILES string of the molecule is Cc1ccc(Oc2ccc(NC(=O)CN3CCC(O)CC3)cc2)cc1. The Labute approximate surface area is 148 Å². The lowest BCUT2D eigenvalue weighted by molar-refractivity contribution is -0.117. The summed E-state index contributed by atoms with van der Waals surface area (Å²) in [5.41, 5.74) is 1.94. The van der Waals surface area contributed by atoms with Crippen molar-refractivity contribution >= 4 is 11.6 Å². The van der Waals surface area contributed by atoms with E-state index in [1.165, 1.54) is 5.56 Å². The summed E-state index contributed by atoms with van der Waals surface area (Å²) in [6.07, 6.45) is 1.25. The van der Waals surface area contributed by atoms with Gasteiger partial charge >= 0.3 is 0 Å². The molecule has 132 valence electrons. The minimum absolute atomic E-state index is 0.0383. The van der Waals surface area contributed by atoms with Gasteiger partial charge in [-0.1, -0.05) is 17.7 Å². The fourth-order valence-corrected chi connectivity index (χ4v) is 2.83. The number of carbonyl (C=O) groups excluding carboxylic acids is 1. The van der Waals surface area contributed by atoms with Crippen molar-refractivity contribution in [1.82, 2.24) is 4.90 Å². The van der Waals surface area contributed by atoms with Crippen LogP contribution in [0.4, 0.5) is 5.69 Å². The van der Waals surface area contributed by atoms with Crippen LogP contribution in [0.5, 0.6) is 11.5 Å². The number of likely N-dealkylation sites (tertiary alicyclic amines) is 1. The first kappa shape index (κ1) is 17.5. The van der Waals surface area contributed by atoms with Crippen molar-refractivity contribution in [2.45, 2.75) is 25.9 Å². The number of rotatable bonds is 5. The molecule has 1 saturated heterocycles. The molecule has 0 saturated carbocycles. The van der Waals surface area contributed by atoms with Gasteiger partial charge in [0.1, 0.15) is 11.5 Å². The van der Waals surface area contributed by atoms with E-state index in [2.05, 4.69) is 10.2 Å². The number of hydrogen-bond acceptors (Lipinski definition) is 4. The number of aryl methyl sites for hydroxylation is 1. The van der Waals surface area contributed by atoms with Gasteiger partial charge in [0.25, 0.3) is 0 Å². The highest BCUT2D eigenvalue weighted by Gasteiger charge is 2.18. The van der Waals surface area contributed by atoms with Crippen molar-refractivity contribution < 1.29 is 14.6 Å². The number of benzene rings is 2. The van der Waals surface area contributed by atoms with Crippen LogP contribution in [0.1, 0.15) is 18.4 Å². The molecule has 3 rings (SSSR count). The monoisotopic (exact) mass is 340 g/mol. The van der Waals surface area contributed by atoms with Crippen molar-refractivity contribution in [2.24, 2.45) is 0 Å². The molecule has 0 unspecified atom stereocenters. The second kappa shape index (κ2) is 8.14. The number of ether oxygens (including phenoxy) is 1. The van der Waals surface area contributed by atoms with Gasteiger partial charge < -0.3 is 15.2 Å². The van der Waals surface area contributed by atoms with Gasteiger partial charge in [-0.2, -0.15) is 0 Å². The molecule has 1 amide bonds. The maximum absolute atomic E-state index is 12.1. The van der Waals surface area contributed by atoms with Crippen molar-refractivity contribution in [3.8, 4) is 11.5 Å². The molecule has 0 radical (unpaired) electrons. The second-order valence-corrected chi connectivity index (χ2v) is 6.49. The van der Waals surface area contributed by atoms with Gasteiger partial charge in [-0.05, 0) is 56.2 Å². The highest BCUT2D eigenvalue weighted by atomic mass is 16.5. The van der Waals surface area contributed by atoms with E-state index < -0.39 is 0 Å². The lowest BCUT2D eigenvalue weighted by atomic mass is 10.1. The summed E-state index contributed by atoms with van der Waals surface area (Å²) in [7, 11) is 0. The molecule has 25 heavy (non-hydrogen) atoms. The van der Waals surface area contributed by atoms with Crippen LogP contribution in [0.15, 0.2) is 48.5 Å². The third-order valence-electron chi connectivity index (χ3n) is 4.32. The maximum atomic E-state index is 12.1. The number of carbonyl (C=O) groups is 1. The molecule has 0 atom stereocenters. The Bertz CT molecular complexity index is 690. The molecule has 2 aromatic rings. The van der Waals surface area contributed by atoms with Crippen LogP contribution in [0, 0.1) is 6.92 Å². The van der Waals surface area contributed by atoms with Gasteiger partial charge in [0.2, 0.25) is 5.91 Å². The summed E-state index contributed by atoms with van der Waals surface area (Å²) in [6, 6.07) is 15.2. The van der Waals surface area contributed by atoms with Gasteiger partial charge in [0, 0.05) is 18.8 Å². The maximum Gasteiger partial charge on any atom is 0.238 e. The Morgan fingerprint density at radius 2 is 1.64 bits per heavy atom. The Kier molecular flexibility index (Phi) is 5.68. The van der Waals surface area contributed by atoms with Gasteiger partial charge in [0.05, 0.1) is 12.6 Å². The third kappa shape index (κ3) is 5.31. The van der Waals surface area contributed by atoms with Crippen LogP contribution in [0.2, 0.25) is 0 Å². The third-order valence-corrected chi connectivity index (χ3v) is 4.32. The largest absolute Gasteiger partial charge is 0.457 e. The topological polar surface area (TPSA) is 61.8 Å². The van der Waals surface area contributed by atoms with Crippen LogP contribution < -0.4 is 10.1 Å². The van der Waals surface area contributed by atoms with E-state index in [0.29, 0.717) is 6.54 Å². The summed E-state index contributed by atoms with van der Waals surface area (Å²) in [4.78, 5) is 14.2. The molecule has 0 spiro atoms. The number of piperidine rings is 1. The molecule has 1 aliphatic heterocycles.